The lowest BCUT2D eigenvalue weighted by atomic mass is 9.88. The maximum Gasteiger partial charge on any atom is 0.317 e. The van der Waals surface area contributed by atoms with E-state index in [0.717, 1.165) is 6.07 Å². The van der Waals surface area contributed by atoms with Gasteiger partial charge in [0.1, 0.15) is 11.6 Å². The molecule has 1 fully saturated rings. The number of ether oxygens (including phenoxy) is 1. The molecule has 1 saturated heterocycles. The Bertz CT molecular complexity index is 512. The fourth-order valence-electron chi connectivity index (χ4n) is 2.39. The summed E-state index contributed by atoms with van der Waals surface area (Å²) in [4.78, 5) is 13.7. The van der Waals surface area contributed by atoms with Crippen LogP contribution in [0.4, 0.5) is 13.6 Å². The molecule has 0 spiro atoms. The molecule has 0 unspecified atom stereocenters. The second-order valence-corrected chi connectivity index (χ2v) is 6.03. The first-order valence-corrected chi connectivity index (χ1v) is 6.84. The van der Waals surface area contributed by atoms with Gasteiger partial charge in [-0.3, -0.25) is 0 Å². The Labute approximate surface area is 123 Å². The SMILES string of the molecule is C[C@H](NC(=O)N(C)CC1(C)COC1)c1cc(F)cc(F)c1. The minimum absolute atomic E-state index is 0.0136. The molecular formula is C15H20F2N2O2. The van der Waals surface area contributed by atoms with Gasteiger partial charge in [-0.25, -0.2) is 13.6 Å². The van der Waals surface area contributed by atoms with Crippen molar-refractivity contribution in [2.45, 2.75) is 19.9 Å². The minimum Gasteiger partial charge on any atom is -0.380 e. The number of carbonyl (C=O) groups is 1. The first kappa shape index (κ1) is 15.7. The lowest BCUT2D eigenvalue weighted by Gasteiger charge is -2.40. The van der Waals surface area contributed by atoms with Crippen LogP contribution < -0.4 is 5.32 Å². The molecule has 0 aliphatic carbocycles. The minimum atomic E-state index is -0.654. The number of benzene rings is 1. The number of rotatable bonds is 4. The number of urea groups is 1. The van der Waals surface area contributed by atoms with Crippen molar-refractivity contribution in [3.8, 4) is 0 Å². The summed E-state index contributed by atoms with van der Waals surface area (Å²) in [5.74, 6) is -1.31. The van der Waals surface area contributed by atoms with Gasteiger partial charge in [0, 0.05) is 25.1 Å². The third kappa shape index (κ3) is 3.91. The van der Waals surface area contributed by atoms with E-state index < -0.39 is 17.7 Å². The van der Waals surface area contributed by atoms with Crippen LogP contribution in [0.15, 0.2) is 18.2 Å². The standard InChI is InChI=1S/C15H20F2N2O2/c1-10(11-4-12(16)6-13(17)5-11)18-14(20)19(3)7-15(2)8-21-9-15/h4-6,10H,7-9H2,1-3H3,(H,18,20)/t10-/m0/s1. The van der Waals surface area contributed by atoms with Gasteiger partial charge in [-0.1, -0.05) is 6.92 Å². The van der Waals surface area contributed by atoms with Crippen LogP contribution >= 0.6 is 0 Å². The van der Waals surface area contributed by atoms with Crippen LogP contribution in [-0.2, 0) is 4.74 Å². The summed E-state index contributed by atoms with van der Waals surface area (Å²) in [6.07, 6.45) is 0. The molecule has 4 nitrogen and oxygen atoms in total. The van der Waals surface area contributed by atoms with Crippen LogP contribution in [0.1, 0.15) is 25.5 Å². The lowest BCUT2D eigenvalue weighted by molar-refractivity contribution is -0.108. The number of amides is 2. The molecule has 1 N–H and O–H groups in total. The summed E-state index contributed by atoms with van der Waals surface area (Å²) >= 11 is 0. The van der Waals surface area contributed by atoms with Gasteiger partial charge in [-0.05, 0) is 24.6 Å². The predicted molar refractivity (Wildman–Crippen MR) is 74.9 cm³/mol. The zero-order chi connectivity index (χ0) is 15.6. The second kappa shape index (κ2) is 5.97. The molecule has 1 aromatic carbocycles. The van der Waals surface area contributed by atoms with Gasteiger partial charge >= 0.3 is 6.03 Å². The van der Waals surface area contributed by atoms with E-state index in [2.05, 4.69) is 5.32 Å². The first-order chi connectivity index (χ1) is 9.79. The van der Waals surface area contributed by atoms with Gasteiger partial charge in [0.2, 0.25) is 0 Å². The van der Waals surface area contributed by atoms with E-state index >= 15 is 0 Å². The van der Waals surface area contributed by atoms with Gasteiger partial charge < -0.3 is 15.0 Å². The number of nitrogens with one attached hydrogen (secondary N) is 1. The number of nitrogens with zero attached hydrogens (tertiary/aromatic N) is 1. The normalized spacial score (nSPS) is 17.8. The van der Waals surface area contributed by atoms with E-state index in [9.17, 15) is 13.6 Å². The van der Waals surface area contributed by atoms with Crippen molar-refractivity contribution >= 4 is 6.03 Å². The zero-order valence-electron chi connectivity index (χ0n) is 12.5. The highest BCUT2D eigenvalue weighted by molar-refractivity contribution is 5.74. The average Bonchev–Trinajstić information content (AvgIpc) is 2.35. The Hall–Kier alpha value is -1.69. The maximum atomic E-state index is 13.2. The quantitative estimate of drug-likeness (QED) is 0.928. The Morgan fingerprint density at radius 3 is 2.43 bits per heavy atom. The summed E-state index contributed by atoms with van der Waals surface area (Å²) in [5, 5.41) is 2.73. The fourth-order valence-corrected chi connectivity index (χ4v) is 2.39. The summed E-state index contributed by atoms with van der Waals surface area (Å²) in [6, 6.07) is 2.49. The van der Waals surface area contributed by atoms with Gasteiger partial charge in [-0.15, -0.1) is 0 Å². The Kier molecular flexibility index (Phi) is 4.46. The van der Waals surface area contributed by atoms with Crippen LogP contribution in [-0.4, -0.2) is 37.7 Å². The zero-order valence-corrected chi connectivity index (χ0v) is 12.5. The van der Waals surface area contributed by atoms with Crippen LogP contribution in [0.3, 0.4) is 0 Å². The highest BCUT2D eigenvalue weighted by atomic mass is 19.1. The Balaban J connectivity index is 1.94. The molecule has 1 atom stereocenters. The largest absolute Gasteiger partial charge is 0.380 e. The van der Waals surface area contributed by atoms with E-state index in [1.165, 1.54) is 12.1 Å². The Morgan fingerprint density at radius 1 is 1.38 bits per heavy atom. The number of halogens is 2. The van der Waals surface area contributed by atoms with Gasteiger partial charge in [0.25, 0.3) is 0 Å². The molecule has 0 bridgehead atoms. The second-order valence-electron chi connectivity index (χ2n) is 6.03. The molecular weight excluding hydrogens is 278 g/mol. The van der Waals surface area contributed by atoms with Crippen LogP contribution in [0.5, 0.6) is 0 Å². The molecule has 21 heavy (non-hydrogen) atoms. The van der Waals surface area contributed by atoms with Crippen molar-refractivity contribution in [1.29, 1.82) is 0 Å². The van der Waals surface area contributed by atoms with Crippen LogP contribution in [0, 0.1) is 17.0 Å². The van der Waals surface area contributed by atoms with Crippen molar-refractivity contribution in [3.05, 3.63) is 35.4 Å². The topological polar surface area (TPSA) is 41.6 Å². The molecule has 0 radical (unpaired) electrons. The van der Waals surface area contributed by atoms with Crippen molar-refractivity contribution in [1.82, 2.24) is 10.2 Å². The number of carbonyl (C=O) groups excluding carboxylic acids is 1. The van der Waals surface area contributed by atoms with E-state index in [1.807, 2.05) is 6.92 Å². The van der Waals surface area contributed by atoms with E-state index in [4.69, 9.17) is 4.74 Å². The van der Waals surface area contributed by atoms with Crippen molar-refractivity contribution < 1.29 is 18.3 Å². The molecule has 0 saturated carbocycles. The molecule has 1 heterocycles. The molecule has 1 aliphatic rings. The monoisotopic (exact) mass is 298 g/mol. The van der Waals surface area contributed by atoms with Crippen molar-refractivity contribution in [2.75, 3.05) is 26.8 Å². The molecule has 1 aromatic rings. The highest BCUT2D eigenvalue weighted by Gasteiger charge is 2.35. The molecule has 6 heteroatoms. The maximum absolute atomic E-state index is 13.2. The summed E-state index contributed by atoms with van der Waals surface area (Å²) in [6.45, 7) is 5.58. The van der Waals surface area contributed by atoms with Crippen molar-refractivity contribution in [2.24, 2.45) is 5.41 Å². The number of hydrogen-bond acceptors (Lipinski definition) is 2. The van der Waals surface area contributed by atoms with Crippen LogP contribution in [0.25, 0.3) is 0 Å². The lowest BCUT2D eigenvalue weighted by Crippen LogP contribution is -2.51. The van der Waals surface area contributed by atoms with E-state index in [0.29, 0.717) is 25.3 Å². The summed E-state index contributed by atoms with van der Waals surface area (Å²) in [7, 11) is 1.69. The van der Waals surface area contributed by atoms with Crippen molar-refractivity contribution in [3.63, 3.8) is 0 Å². The third-order valence-electron chi connectivity index (χ3n) is 3.59. The van der Waals surface area contributed by atoms with Gasteiger partial charge in [0.05, 0.1) is 19.3 Å². The Morgan fingerprint density at radius 2 is 1.95 bits per heavy atom. The molecule has 1 aliphatic heterocycles. The van der Waals surface area contributed by atoms with Gasteiger partial charge in [0.15, 0.2) is 0 Å². The highest BCUT2D eigenvalue weighted by Crippen LogP contribution is 2.27. The third-order valence-corrected chi connectivity index (χ3v) is 3.59. The van der Waals surface area contributed by atoms with Gasteiger partial charge in [-0.2, -0.15) is 0 Å². The summed E-state index contributed by atoms with van der Waals surface area (Å²) in [5.41, 5.74) is 0.382. The fraction of sp³-hybridized carbons (Fsp3) is 0.533. The van der Waals surface area contributed by atoms with E-state index in [1.54, 1.807) is 18.9 Å². The number of hydrogen-bond donors (Lipinski definition) is 1. The predicted octanol–water partition coefficient (Wildman–Crippen LogP) is 2.70. The molecule has 116 valence electrons. The smallest absolute Gasteiger partial charge is 0.317 e. The molecule has 2 amide bonds. The van der Waals surface area contributed by atoms with Crippen LogP contribution in [0.2, 0.25) is 0 Å². The molecule has 2 rings (SSSR count). The average molecular weight is 298 g/mol. The summed E-state index contributed by atoms with van der Waals surface area (Å²) < 4.78 is 31.5. The molecule has 0 aromatic heterocycles. The first-order valence-electron chi connectivity index (χ1n) is 6.84. The van der Waals surface area contributed by atoms with E-state index in [-0.39, 0.29) is 11.4 Å².